The number of rotatable bonds is 8. The summed E-state index contributed by atoms with van der Waals surface area (Å²) in [6.07, 6.45) is 1.01. The van der Waals surface area contributed by atoms with E-state index in [1.807, 2.05) is 13.0 Å². The summed E-state index contributed by atoms with van der Waals surface area (Å²) in [5, 5.41) is 7.10. The van der Waals surface area contributed by atoms with Crippen LogP contribution in [0.5, 0.6) is 0 Å². The molecule has 0 aliphatic carbocycles. The number of benzene rings is 2. The van der Waals surface area contributed by atoms with Crippen molar-refractivity contribution in [3.63, 3.8) is 0 Å². The first-order chi connectivity index (χ1) is 14.0. The Morgan fingerprint density at radius 1 is 1.07 bits per heavy atom. The maximum Gasteiger partial charge on any atom is 0.282 e. The van der Waals surface area contributed by atoms with Crippen LogP contribution >= 0.6 is 11.3 Å². The fourth-order valence-electron chi connectivity index (χ4n) is 3.25. The summed E-state index contributed by atoms with van der Waals surface area (Å²) in [7, 11) is 0. The molecule has 0 saturated carbocycles. The summed E-state index contributed by atoms with van der Waals surface area (Å²) >= 11 is 1.70. The number of amides is 1. The van der Waals surface area contributed by atoms with Gasteiger partial charge in [-0.2, -0.15) is 0 Å². The molecule has 0 saturated heterocycles. The zero-order chi connectivity index (χ0) is 20.8. The van der Waals surface area contributed by atoms with Crippen LogP contribution in [0.2, 0.25) is 0 Å². The van der Waals surface area contributed by atoms with E-state index in [4.69, 9.17) is 0 Å². The van der Waals surface area contributed by atoms with Crippen LogP contribution in [-0.2, 0) is 11.2 Å². The van der Waals surface area contributed by atoms with Gasteiger partial charge in [0.2, 0.25) is 0 Å². The molecule has 3 aromatic rings. The highest BCUT2D eigenvalue weighted by Gasteiger charge is 2.25. The van der Waals surface area contributed by atoms with Gasteiger partial charge in [0.25, 0.3) is 5.91 Å². The van der Waals surface area contributed by atoms with Crippen molar-refractivity contribution < 1.29 is 14.9 Å². The fraction of sp³-hybridized carbons (Fsp3) is 0.250. The number of carbonyl (C=O) groups excluding carboxylic acids is 2. The Kier molecular flexibility index (Phi) is 6.96. The molecule has 0 radical (unpaired) electrons. The van der Waals surface area contributed by atoms with E-state index in [9.17, 15) is 9.59 Å². The smallest absolute Gasteiger partial charge is 0.282 e. The highest BCUT2D eigenvalue weighted by molar-refractivity contribution is 7.10. The molecule has 29 heavy (non-hydrogen) atoms. The Bertz CT molecular complexity index is 965. The van der Waals surface area contributed by atoms with Gasteiger partial charge in [0, 0.05) is 16.8 Å². The number of aryl methyl sites for hydroxylation is 1. The third-order valence-corrected chi connectivity index (χ3v) is 5.98. The number of hydrogen-bond acceptors (Lipinski definition) is 3. The first-order valence-corrected chi connectivity index (χ1v) is 10.7. The van der Waals surface area contributed by atoms with E-state index < -0.39 is 0 Å². The molecule has 0 aliphatic rings. The Morgan fingerprint density at radius 3 is 2.45 bits per heavy atom. The van der Waals surface area contributed by atoms with Gasteiger partial charge in [-0.15, -0.1) is 11.3 Å². The molecule has 0 unspecified atom stereocenters. The van der Waals surface area contributed by atoms with E-state index in [1.165, 1.54) is 22.9 Å². The van der Waals surface area contributed by atoms with Gasteiger partial charge in [0.1, 0.15) is 6.04 Å². The van der Waals surface area contributed by atoms with Crippen LogP contribution in [-0.4, -0.2) is 17.7 Å². The Morgan fingerprint density at radius 2 is 1.83 bits per heavy atom. The number of carbonyl (C=O) groups is 2. The second-order valence-corrected chi connectivity index (χ2v) is 8.17. The van der Waals surface area contributed by atoms with Crippen molar-refractivity contribution >= 4 is 28.7 Å². The molecule has 0 bridgehead atoms. The van der Waals surface area contributed by atoms with Crippen LogP contribution in [0.25, 0.3) is 0 Å². The third kappa shape index (κ3) is 5.40. The average Bonchev–Trinajstić information content (AvgIpc) is 3.26. The van der Waals surface area contributed by atoms with E-state index in [-0.39, 0.29) is 23.8 Å². The molecule has 2 aromatic carbocycles. The quantitative estimate of drug-likeness (QED) is 0.550. The maximum atomic E-state index is 12.8. The minimum absolute atomic E-state index is 0.0194. The lowest BCUT2D eigenvalue weighted by molar-refractivity contribution is -0.703. The van der Waals surface area contributed by atoms with Gasteiger partial charge in [-0.3, -0.25) is 9.59 Å². The highest BCUT2D eigenvalue weighted by Crippen LogP contribution is 2.23. The number of quaternary nitrogens is 1. The number of thiophene rings is 1. The predicted molar refractivity (Wildman–Crippen MR) is 118 cm³/mol. The van der Waals surface area contributed by atoms with Crippen LogP contribution in [0.3, 0.4) is 0 Å². The van der Waals surface area contributed by atoms with Gasteiger partial charge in [0.05, 0.1) is 4.88 Å². The van der Waals surface area contributed by atoms with Crippen LogP contribution in [0, 0.1) is 0 Å². The van der Waals surface area contributed by atoms with Crippen LogP contribution in [0.1, 0.15) is 53.2 Å². The van der Waals surface area contributed by atoms with Crippen molar-refractivity contribution in [3.8, 4) is 0 Å². The topological polar surface area (TPSA) is 62.8 Å². The lowest BCUT2D eigenvalue weighted by atomic mass is 10.0. The number of nitrogens with two attached hydrogens (primary N) is 1. The Hall–Kier alpha value is -2.76. The average molecular weight is 408 g/mol. The minimum atomic E-state index is -0.297. The number of nitrogens with one attached hydrogen (secondary N) is 1. The van der Waals surface area contributed by atoms with Crippen molar-refractivity contribution in [1.82, 2.24) is 0 Å². The minimum Gasteiger partial charge on any atom is -0.326 e. The molecule has 4 nitrogen and oxygen atoms in total. The van der Waals surface area contributed by atoms with Crippen molar-refractivity contribution in [1.29, 1.82) is 0 Å². The summed E-state index contributed by atoms with van der Waals surface area (Å²) in [5.74, 6) is -0.105. The van der Waals surface area contributed by atoms with Gasteiger partial charge >= 0.3 is 0 Å². The van der Waals surface area contributed by atoms with E-state index >= 15 is 0 Å². The van der Waals surface area contributed by atoms with Crippen molar-refractivity contribution in [2.24, 2.45) is 0 Å². The lowest BCUT2D eigenvalue weighted by Crippen LogP contribution is -2.92. The SMILES string of the molecule is CCc1ccc([C@@H]([NH2+][C@@H](C)C(=O)Nc2cccc(C(C)=O)c2)c2cccs2)cc1. The zero-order valence-corrected chi connectivity index (χ0v) is 17.8. The summed E-state index contributed by atoms with van der Waals surface area (Å²) in [6, 6.07) is 19.6. The number of Topliss-reactive ketones (excluding diaryl/α,β-unsaturated/α-hetero) is 1. The third-order valence-electron chi connectivity index (χ3n) is 5.03. The molecule has 2 atom stereocenters. The molecule has 1 amide bonds. The van der Waals surface area contributed by atoms with Crippen molar-refractivity contribution in [2.75, 3.05) is 5.32 Å². The Labute approximate surface area is 176 Å². The molecular weight excluding hydrogens is 380 g/mol. The van der Waals surface area contributed by atoms with Gasteiger partial charge in [-0.25, -0.2) is 0 Å². The van der Waals surface area contributed by atoms with Gasteiger partial charge in [-0.1, -0.05) is 49.4 Å². The van der Waals surface area contributed by atoms with E-state index in [0.29, 0.717) is 11.3 Å². The largest absolute Gasteiger partial charge is 0.326 e. The molecule has 3 rings (SSSR count). The summed E-state index contributed by atoms with van der Waals surface area (Å²) in [5.41, 5.74) is 3.72. The van der Waals surface area contributed by atoms with Crippen molar-refractivity contribution in [3.05, 3.63) is 87.6 Å². The number of ketones is 1. The molecule has 5 heteroatoms. The summed E-state index contributed by atoms with van der Waals surface area (Å²) in [6.45, 7) is 5.57. The first-order valence-electron chi connectivity index (χ1n) is 9.87. The molecule has 1 heterocycles. The summed E-state index contributed by atoms with van der Waals surface area (Å²) < 4.78 is 0. The lowest BCUT2D eigenvalue weighted by Gasteiger charge is -2.20. The second-order valence-electron chi connectivity index (χ2n) is 7.20. The first kappa shape index (κ1) is 21.0. The van der Waals surface area contributed by atoms with Crippen LogP contribution in [0.4, 0.5) is 5.69 Å². The maximum absolute atomic E-state index is 12.8. The van der Waals surface area contributed by atoms with E-state index in [2.05, 4.69) is 53.3 Å². The zero-order valence-electron chi connectivity index (χ0n) is 17.0. The van der Waals surface area contributed by atoms with Crippen molar-refractivity contribution in [2.45, 2.75) is 39.3 Å². The Balaban J connectivity index is 1.75. The number of anilines is 1. The number of hydrogen-bond donors (Lipinski definition) is 2. The molecule has 150 valence electrons. The van der Waals surface area contributed by atoms with Gasteiger partial charge in [0.15, 0.2) is 11.8 Å². The molecular formula is C24H27N2O2S+. The molecule has 3 N–H and O–H groups in total. The molecule has 1 aromatic heterocycles. The van der Waals surface area contributed by atoms with E-state index in [1.54, 1.807) is 35.6 Å². The van der Waals surface area contributed by atoms with Crippen LogP contribution in [0.15, 0.2) is 66.0 Å². The van der Waals surface area contributed by atoms with Gasteiger partial charge < -0.3 is 10.6 Å². The molecule has 0 fully saturated rings. The fourth-order valence-corrected chi connectivity index (χ4v) is 4.08. The normalized spacial score (nSPS) is 12.9. The molecule has 0 spiro atoms. The predicted octanol–water partition coefficient (Wildman–Crippen LogP) is 4.19. The standard InChI is InChI=1S/C24H26N2O2S/c1-4-18-10-12-19(13-11-18)23(22-9-6-14-29-22)25-16(2)24(28)26-21-8-5-7-20(15-21)17(3)27/h5-16,23,25H,4H2,1-3H3,(H,26,28)/p+1/t16-,23+/m0/s1. The monoisotopic (exact) mass is 407 g/mol. The van der Waals surface area contributed by atoms with Gasteiger partial charge in [-0.05, 0) is 49.4 Å². The highest BCUT2D eigenvalue weighted by atomic mass is 32.1. The second kappa shape index (κ2) is 9.63. The van der Waals surface area contributed by atoms with Crippen LogP contribution < -0.4 is 10.6 Å². The van der Waals surface area contributed by atoms with E-state index in [0.717, 1.165) is 6.42 Å². The molecule has 0 aliphatic heterocycles. The summed E-state index contributed by atoms with van der Waals surface area (Å²) in [4.78, 5) is 25.6.